The first kappa shape index (κ1) is 12.4. The topological polar surface area (TPSA) is 15.3 Å². The molecule has 0 spiro atoms. The second-order valence-electron chi connectivity index (χ2n) is 6.10. The molecule has 0 radical (unpaired) electrons. The van der Waals surface area contributed by atoms with Crippen molar-refractivity contribution in [2.24, 2.45) is 5.92 Å². The first-order valence-corrected chi connectivity index (χ1v) is 7.19. The summed E-state index contributed by atoms with van der Waals surface area (Å²) in [5.41, 5.74) is 0.414. The van der Waals surface area contributed by atoms with E-state index in [0.717, 1.165) is 5.92 Å². The number of nitrogens with one attached hydrogen (secondary N) is 1. The third-order valence-electron chi connectivity index (χ3n) is 4.43. The summed E-state index contributed by atoms with van der Waals surface area (Å²) >= 11 is 0. The Bertz CT molecular complexity index is 201. The van der Waals surface area contributed by atoms with Gasteiger partial charge in [-0.1, -0.05) is 19.8 Å². The maximum Gasteiger partial charge on any atom is 0.0280 e. The third kappa shape index (κ3) is 3.21. The first-order valence-electron chi connectivity index (χ1n) is 7.19. The van der Waals surface area contributed by atoms with Gasteiger partial charge < -0.3 is 10.2 Å². The van der Waals surface area contributed by atoms with Crippen LogP contribution >= 0.6 is 0 Å². The number of hydrogen-bond donors (Lipinski definition) is 1. The van der Waals surface area contributed by atoms with Crippen LogP contribution in [0.15, 0.2) is 0 Å². The van der Waals surface area contributed by atoms with E-state index in [9.17, 15) is 0 Å². The Labute approximate surface area is 101 Å². The van der Waals surface area contributed by atoms with E-state index in [1.54, 1.807) is 0 Å². The van der Waals surface area contributed by atoms with Crippen molar-refractivity contribution in [3.8, 4) is 0 Å². The number of likely N-dealkylation sites (tertiary alicyclic amines) is 1. The van der Waals surface area contributed by atoms with Crippen molar-refractivity contribution in [1.82, 2.24) is 10.2 Å². The Morgan fingerprint density at radius 3 is 2.62 bits per heavy atom. The predicted octanol–water partition coefficient (Wildman–Crippen LogP) is 2.64. The summed E-state index contributed by atoms with van der Waals surface area (Å²) in [6.07, 6.45) is 8.41. The maximum absolute atomic E-state index is 3.67. The SMILES string of the molecule is CCCC1CCN(CC2(C)CCCN2)CC1. The maximum atomic E-state index is 3.67. The van der Waals surface area contributed by atoms with E-state index in [1.165, 1.54) is 64.7 Å². The van der Waals surface area contributed by atoms with Crippen LogP contribution in [0.2, 0.25) is 0 Å². The van der Waals surface area contributed by atoms with Crippen LogP contribution in [-0.2, 0) is 0 Å². The van der Waals surface area contributed by atoms with Crippen LogP contribution in [0.4, 0.5) is 0 Å². The highest BCUT2D eigenvalue weighted by Gasteiger charge is 2.31. The smallest absolute Gasteiger partial charge is 0.0280 e. The van der Waals surface area contributed by atoms with Gasteiger partial charge >= 0.3 is 0 Å². The molecule has 1 N–H and O–H groups in total. The van der Waals surface area contributed by atoms with E-state index in [0.29, 0.717) is 5.54 Å². The minimum Gasteiger partial charge on any atom is -0.310 e. The summed E-state index contributed by atoms with van der Waals surface area (Å²) in [5, 5.41) is 3.67. The Morgan fingerprint density at radius 2 is 2.06 bits per heavy atom. The van der Waals surface area contributed by atoms with Gasteiger partial charge in [-0.25, -0.2) is 0 Å². The van der Waals surface area contributed by atoms with Gasteiger partial charge in [-0.3, -0.25) is 0 Å². The summed E-state index contributed by atoms with van der Waals surface area (Å²) in [7, 11) is 0. The summed E-state index contributed by atoms with van der Waals surface area (Å²) in [5.74, 6) is 1.02. The lowest BCUT2D eigenvalue weighted by atomic mass is 9.91. The van der Waals surface area contributed by atoms with Crippen molar-refractivity contribution in [2.75, 3.05) is 26.2 Å². The molecule has 0 amide bonds. The predicted molar refractivity (Wildman–Crippen MR) is 69.7 cm³/mol. The minimum atomic E-state index is 0.414. The minimum absolute atomic E-state index is 0.414. The van der Waals surface area contributed by atoms with Gasteiger partial charge in [0.1, 0.15) is 0 Å². The fourth-order valence-corrected chi connectivity index (χ4v) is 3.43. The van der Waals surface area contributed by atoms with Gasteiger partial charge in [0.25, 0.3) is 0 Å². The van der Waals surface area contributed by atoms with Gasteiger partial charge in [-0.2, -0.15) is 0 Å². The molecule has 94 valence electrons. The third-order valence-corrected chi connectivity index (χ3v) is 4.43. The fraction of sp³-hybridized carbons (Fsp3) is 1.00. The molecule has 0 aromatic heterocycles. The van der Waals surface area contributed by atoms with E-state index in [4.69, 9.17) is 0 Å². The molecule has 2 heteroatoms. The second-order valence-corrected chi connectivity index (χ2v) is 6.10. The molecular weight excluding hydrogens is 196 g/mol. The van der Waals surface area contributed by atoms with Crippen molar-refractivity contribution in [1.29, 1.82) is 0 Å². The van der Waals surface area contributed by atoms with Gasteiger partial charge in [0.15, 0.2) is 0 Å². The highest BCUT2D eigenvalue weighted by atomic mass is 15.2. The van der Waals surface area contributed by atoms with Crippen LogP contribution < -0.4 is 5.32 Å². The van der Waals surface area contributed by atoms with E-state index in [-0.39, 0.29) is 0 Å². The van der Waals surface area contributed by atoms with Gasteiger partial charge in [0.2, 0.25) is 0 Å². The standard InChI is InChI=1S/C14H28N2/c1-3-5-13-6-10-16(11-7-13)12-14(2)8-4-9-15-14/h13,15H,3-12H2,1-2H3. The molecule has 2 heterocycles. The molecule has 0 aromatic rings. The molecule has 2 aliphatic rings. The average Bonchev–Trinajstić information content (AvgIpc) is 2.68. The Kier molecular flexibility index (Phi) is 4.26. The van der Waals surface area contributed by atoms with Gasteiger partial charge in [-0.05, 0) is 58.2 Å². The highest BCUT2D eigenvalue weighted by molar-refractivity contribution is 4.92. The molecule has 0 aromatic carbocycles. The van der Waals surface area contributed by atoms with Crippen molar-refractivity contribution < 1.29 is 0 Å². The summed E-state index contributed by atoms with van der Waals surface area (Å²) in [6.45, 7) is 9.88. The lowest BCUT2D eigenvalue weighted by Crippen LogP contribution is -2.49. The molecule has 2 saturated heterocycles. The van der Waals surface area contributed by atoms with Crippen molar-refractivity contribution in [2.45, 2.75) is 57.9 Å². The largest absolute Gasteiger partial charge is 0.310 e. The van der Waals surface area contributed by atoms with Gasteiger partial charge in [-0.15, -0.1) is 0 Å². The van der Waals surface area contributed by atoms with Crippen molar-refractivity contribution in [3.63, 3.8) is 0 Å². The molecule has 2 aliphatic heterocycles. The van der Waals surface area contributed by atoms with Crippen LogP contribution in [0.1, 0.15) is 52.4 Å². The molecule has 1 atom stereocenters. The molecule has 2 fully saturated rings. The molecule has 2 rings (SSSR count). The van der Waals surface area contributed by atoms with Crippen LogP contribution in [0, 0.1) is 5.92 Å². The molecule has 2 nitrogen and oxygen atoms in total. The molecule has 0 saturated carbocycles. The quantitative estimate of drug-likeness (QED) is 0.790. The van der Waals surface area contributed by atoms with Crippen LogP contribution in [0.3, 0.4) is 0 Å². The van der Waals surface area contributed by atoms with E-state index < -0.39 is 0 Å². The van der Waals surface area contributed by atoms with Crippen molar-refractivity contribution >= 4 is 0 Å². The monoisotopic (exact) mass is 224 g/mol. The van der Waals surface area contributed by atoms with E-state index >= 15 is 0 Å². The molecule has 16 heavy (non-hydrogen) atoms. The summed E-state index contributed by atoms with van der Waals surface area (Å²) in [6, 6.07) is 0. The first-order chi connectivity index (χ1) is 7.72. The lowest BCUT2D eigenvalue weighted by molar-refractivity contribution is 0.142. The van der Waals surface area contributed by atoms with Crippen LogP contribution in [-0.4, -0.2) is 36.6 Å². The number of hydrogen-bond acceptors (Lipinski definition) is 2. The second kappa shape index (κ2) is 5.50. The molecule has 1 unspecified atom stereocenters. The molecule has 0 bridgehead atoms. The van der Waals surface area contributed by atoms with E-state index in [2.05, 4.69) is 24.1 Å². The van der Waals surface area contributed by atoms with Crippen LogP contribution in [0.25, 0.3) is 0 Å². The lowest BCUT2D eigenvalue weighted by Gasteiger charge is -2.37. The molecular formula is C14H28N2. The van der Waals surface area contributed by atoms with Gasteiger partial charge in [0, 0.05) is 12.1 Å². The summed E-state index contributed by atoms with van der Waals surface area (Å²) in [4.78, 5) is 2.68. The zero-order valence-corrected chi connectivity index (χ0v) is 11.1. The number of piperidine rings is 1. The van der Waals surface area contributed by atoms with Gasteiger partial charge in [0.05, 0.1) is 0 Å². The average molecular weight is 224 g/mol. The number of rotatable bonds is 4. The Hall–Kier alpha value is -0.0800. The molecule has 0 aliphatic carbocycles. The summed E-state index contributed by atoms with van der Waals surface area (Å²) < 4.78 is 0. The highest BCUT2D eigenvalue weighted by Crippen LogP contribution is 2.25. The normalized spacial score (nSPS) is 33.4. The van der Waals surface area contributed by atoms with Crippen molar-refractivity contribution in [3.05, 3.63) is 0 Å². The van der Waals surface area contributed by atoms with E-state index in [1.807, 2.05) is 0 Å². The number of nitrogens with zero attached hydrogens (tertiary/aromatic N) is 1. The Morgan fingerprint density at radius 1 is 1.31 bits per heavy atom. The fourth-order valence-electron chi connectivity index (χ4n) is 3.43. The zero-order chi connectivity index (χ0) is 11.4. The van der Waals surface area contributed by atoms with Crippen LogP contribution in [0.5, 0.6) is 0 Å². The Balaban J connectivity index is 1.72. The zero-order valence-electron chi connectivity index (χ0n) is 11.1.